The van der Waals surface area contributed by atoms with Gasteiger partial charge >= 0.3 is 0 Å². The fourth-order valence-electron chi connectivity index (χ4n) is 1.50. The summed E-state index contributed by atoms with van der Waals surface area (Å²) in [5.41, 5.74) is 1.60. The predicted octanol–water partition coefficient (Wildman–Crippen LogP) is 4.82. The third-order valence-corrected chi connectivity index (χ3v) is 3.29. The Morgan fingerprint density at radius 3 is 2.56 bits per heavy atom. The largest absolute Gasteiger partial charge is 0.233 e. The van der Waals surface area contributed by atoms with Gasteiger partial charge in [-0.25, -0.2) is 14.4 Å². The first-order chi connectivity index (χ1) is 8.47. The number of benzene rings is 1. The lowest BCUT2D eigenvalue weighted by Gasteiger charge is -2.08. The average molecular weight is 330 g/mol. The SMILES string of the molecule is CC(C)c1cc(Cl)nc(-c2ccc(F)c(Br)c2)n1. The summed E-state index contributed by atoms with van der Waals surface area (Å²) in [4.78, 5) is 8.60. The van der Waals surface area contributed by atoms with Crippen molar-refractivity contribution < 1.29 is 4.39 Å². The Hall–Kier alpha value is -1.00. The summed E-state index contributed by atoms with van der Waals surface area (Å²) in [6.45, 7) is 4.06. The van der Waals surface area contributed by atoms with Crippen LogP contribution in [0.1, 0.15) is 25.5 Å². The van der Waals surface area contributed by atoms with Crippen molar-refractivity contribution in [2.75, 3.05) is 0 Å². The highest BCUT2D eigenvalue weighted by atomic mass is 79.9. The summed E-state index contributed by atoms with van der Waals surface area (Å²) in [6, 6.07) is 6.40. The van der Waals surface area contributed by atoms with Crippen LogP contribution in [0.4, 0.5) is 4.39 Å². The van der Waals surface area contributed by atoms with Crippen LogP contribution >= 0.6 is 27.5 Å². The Kier molecular flexibility index (Phi) is 3.97. The maximum Gasteiger partial charge on any atom is 0.161 e. The van der Waals surface area contributed by atoms with Gasteiger partial charge in [-0.2, -0.15) is 0 Å². The molecule has 94 valence electrons. The van der Waals surface area contributed by atoms with Gasteiger partial charge in [-0.1, -0.05) is 25.4 Å². The molecule has 0 saturated heterocycles. The van der Waals surface area contributed by atoms with Crippen molar-refractivity contribution >= 4 is 27.5 Å². The molecule has 5 heteroatoms. The van der Waals surface area contributed by atoms with Gasteiger partial charge in [0.2, 0.25) is 0 Å². The van der Waals surface area contributed by atoms with Crippen molar-refractivity contribution in [2.24, 2.45) is 0 Å². The van der Waals surface area contributed by atoms with E-state index in [-0.39, 0.29) is 11.7 Å². The molecular formula is C13H11BrClFN2. The van der Waals surface area contributed by atoms with E-state index in [0.717, 1.165) is 11.3 Å². The van der Waals surface area contributed by atoms with Crippen LogP contribution in [0.15, 0.2) is 28.7 Å². The molecule has 0 spiro atoms. The first-order valence-electron chi connectivity index (χ1n) is 5.47. The minimum absolute atomic E-state index is 0.258. The number of rotatable bonds is 2. The molecule has 0 amide bonds. The number of hydrogen-bond donors (Lipinski definition) is 0. The number of aromatic nitrogens is 2. The fraction of sp³-hybridized carbons (Fsp3) is 0.231. The Morgan fingerprint density at radius 2 is 1.94 bits per heavy atom. The summed E-state index contributed by atoms with van der Waals surface area (Å²) in [6.07, 6.45) is 0. The average Bonchev–Trinajstić information content (AvgIpc) is 2.31. The molecule has 2 nitrogen and oxygen atoms in total. The number of hydrogen-bond acceptors (Lipinski definition) is 2. The molecule has 0 aliphatic heterocycles. The predicted molar refractivity (Wildman–Crippen MR) is 74.2 cm³/mol. The van der Waals surface area contributed by atoms with Crippen molar-refractivity contribution in [2.45, 2.75) is 19.8 Å². The smallest absolute Gasteiger partial charge is 0.161 e. The van der Waals surface area contributed by atoms with E-state index in [0.29, 0.717) is 15.5 Å². The van der Waals surface area contributed by atoms with Gasteiger partial charge in [0.1, 0.15) is 11.0 Å². The Morgan fingerprint density at radius 1 is 1.22 bits per heavy atom. The van der Waals surface area contributed by atoms with E-state index in [2.05, 4.69) is 25.9 Å². The van der Waals surface area contributed by atoms with Crippen LogP contribution in [0.2, 0.25) is 5.15 Å². The topological polar surface area (TPSA) is 25.8 Å². The highest BCUT2D eigenvalue weighted by molar-refractivity contribution is 9.10. The first kappa shape index (κ1) is 13.4. The molecule has 0 N–H and O–H groups in total. The van der Waals surface area contributed by atoms with Crippen LogP contribution < -0.4 is 0 Å². The zero-order valence-electron chi connectivity index (χ0n) is 9.92. The Balaban J connectivity index is 2.53. The van der Waals surface area contributed by atoms with Crippen LogP contribution in [0.5, 0.6) is 0 Å². The minimum Gasteiger partial charge on any atom is -0.233 e. The fourth-order valence-corrected chi connectivity index (χ4v) is 2.07. The van der Waals surface area contributed by atoms with Crippen LogP contribution in [-0.4, -0.2) is 9.97 Å². The summed E-state index contributed by atoms with van der Waals surface area (Å²) in [5, 5.41) is 0.393. The number of nitrogens with zero attached hydrogens (tertiary/aromatic N) is 2. The number of halogens is 3. The summed E-state index contributed by atoms with van der Waals surface area (Å²) >= 11 is 9.12. The second-order valence-electron chi connectivity index (χ2n) is 4.22. The van der Waals surface area contributed by atoms with Crippen molar-refractivity contribution in [3.8, 4) is 11.4 Å². The van der Waals surface area contributed by atoms with E-state index in [4.69, 9.17) is 11.6 Å². The molecule has 0 saturated carbocycles. The zero-order chi connectivity index (χ0) is 13.3. The molecule has 18 heavy (non-hydrogen) atoms. The third kappa shape index (κ3) is 2.87. The summed E-state index contributed by atoms with van der Waals surface area (Å²) in [5.74, 6) is 0.449. The van der Waals surface area contributed by atoms with Crippen LogP contribution in [0.3, 0.4) is 0 Å². The molecule has 0 aliphatic carbocycles. The van der Waals surface area contributed by atoms with E-state index in [1.807, 2.05) is 13.8 Å². The Bertz CT molecular complexity index is 587. The summed E-state index contributed by atoms with van der Waals surface area (Å²) in [7, 11) is 0. The molecule has 1 heterocycles. The van der Waals surface area contributed by atoms with Gasteiger partial charge in [0.25, 0.3) is 0 Å². The van der Waals surface area contributed by atoms with Crippen LogP contribution in [-0.2, 0) is 0 Å². The Labute approximate surface area is 118 Å². The first-order valence-corrected chi connectivity index (χ1v) is 6.64. The van der Waals surface area contributed by atoms with Gasteiger partial charge in [0.05, 0.1) is 4.47 Å². The lowest BCUT2D eigenvalue weighted by molar-refractivity contribution is 0.621. The molecular weight excluding hydrogens is 319 g/mol. The molecule has 2 aromatic rings. The molecule has 0 unspecified atom stereocenters. The normalized spacial score (nSPS) is 11.0. The van der Waals surface area contributed by atoms with Crippen LogP contribution in [0.25, 0.3) is 11.4 Å². The van der Waals surface area contributed by atoms with Crippen molar-refractivity contribution in [3.05, 3.63) is 45.4 Å². The third-order valence-electron chi connectivity index (χ3n) is 2.48. The quantitative estimate of drug-likeness (QED) is 0.738. The van der Waals surface area contributed by atoms with E-state index < -0.39 is 0 Å². The molecule has 0 radical (unpaired) electrons. The molecule has 0 bridgehead atoms. The lowest BCUT2D eigenvalue weighted by atomic mass is 10.1. The second-order valence-corrected chi connectivity index (χ2v) is 5.46. The van der Waals surface area contributed by atoms with Gasteiger partial charge in [0, 0.05) is 11.3 Å². The van der Waals surface area contributed by atoms with E-state index >= 15 is 0 Å². The molecule has 0 fully saturated rings. The van der Waals surface area contributed by atoms with Gasteiger partial charge in [0.15, 0.2) is 5.82 Å². The van der Waals surface area contributed by atoms with Gasteiger partial charge in [-0.3, -0.25) is 0 Å². The standard InChI is InChI=1S/C13H11BrClFN2/c1-7(2)11-6-12(15)18-13(17-11)8-3-4-10(16)9(14)5-8/h3-7H,1-2H3. The highest BCUT2D eigenvalue weighted by Crippen LogP contribution is 2.25. The van der Waals surface area contributed by atoms with Crippen molar-refractivity contribution in [1.29, 1.82) is 0 Å². The van der Waals surface area contributed by atoms with E-state index in [1.165, 1.54) is 6.07 Å². The maximum absolute atomic E-state index is 13.2. The molecule has 1 aromatic heterocycles. The highest BCUT2D eigenvalue weighted by Gasteiger charge is 2.10. The molecule has 0 atom stereocenters. The van der Waals surface area contributed by atoms with Gasteiger partial charge < -0.3 is 0 Å². The van der Waals surface area contributed by atoms with Gasteiger partial charge in [-0.05, 0) is 46.1 Å². The zero-order valence-corrected chi connectivity index (χ0v) is 12.3. The van der Waals surface area contributed by atoms with Crippen molar-refractivity contribution in [1.82, 2.24) is 9.97 Å². The molecule has 2 rings (SSSR count). The second kappa shape index (κ2) is 5.33. The minimum atomic E-state index is -0.315. The molecule has 1 aromatic carbocycles. The van der Waals surface area contributed by atoms with E-state index in [1.54, 1.807) is 18.2 Å². The summed E-state index contributed by atoms with van der Waals surface area (Å²) < 4.78 is 13.6. The van der Waals surface area contributed by atoms with Crippen molar-refractivity contribution in [3.63, 3.8) is 0 Å². The van der Waals surface area contributed by atoms with E-state index in [9.17, 15) is 4.39 Å². The van der Waals surface area contributed by atoms with Crippen LogP contribution in [0, 0.1) is 5.82 Å². The molecule has 0 aliphatic rings. The van der Waals surface area contributed by atoms with Gasteiger partial charge in [-0.15, -0.1) is 0 Å². The monoisotopic (exact) mass is 328 g/mol. The maximum atomic E-state index is 13.2. The lowest BCUT2D eigenvalue weighted by Crippen LogP contribution is -1.98.